The maximum atomic E-state index is 13.8. The van der Waals surface area contributed by atoms with Crippen molar-refractivity contribution in [3.63, 3.8) is 0 Å². The predicted octanol–water partition coefficient (Wildman–Crippen LogP) is 5.23. The maximum absolute atomic E-state index is 13.8. The first-order valence-electron chi connectivity index (χ1n) is 12.5. The average molecular weight is 574 g/mol. The summed E-state index contributed by atoms with van der Waals surface area (Å²) in [7, 11) is -4.20. The molecular weight excluding hydrogens is 541 g/mol. The summed E-state index contributed by atoms with van der Waals surface area (Å²) in [6, 6.07) is 15.5. The molecule has 0 bridgehead atoms. The van der Waals surface area contributed by atoms with Crippen molar-refractivity contribution in [2.24, 2.45) is 0 Å². The highest BCUT2D eigenvalue weighted by Gasteiger charge is 2.33. The summed E-state index contributed by atoms with van der Waals surface area (Å²) in [6.45, 7) is 8.18. The Morgan fingerprint density at radius 2 is 1.56 bits per heavy atom. The minimum absolute atomic E-state index is 0.00767. The van der Waals surface area contributed by atoms with E-state index in [1.165, 1.54) is 47.4 Å². The molecule has 10 heteroatoms. The number of halogens is 2. The molecule has 0 spiro atoms. The third-order valence-electron chi connectivity index (χ3n) is 6.20. The van der Waals surface area contributed by atoms with Crippen LogP contribution in [0.4, 0.5) is 10.1 Å². The van der Waals surface area contributed by atoms with E-state index in [4.69, 9.17) is 11.6 Å². The third kappa shape index (κ3) is 7.58. The molecule has 0 fully saturated rings. The monoisotopic (exact) mass is 573 g/mol. The molecule has 39 heavy (non-hydrogen) atoms. The molecule has 3 aromatic carbocycles. The number of amides is 2. The molecule has 0 saturated carbocycles. The molecule has 1 atom stereocenters. The van der Waals surface area contributed by atoms with Crippen molar-refractivity contribution in [1.29, 1.82) is 0 Å². The summed E-state index contributed by atoms with van der Waals surface area (Å²) < 4.78 is 42.2. The van der Waals surface area contributed by atoms with Gasteiger partial charge in [-0.3, -0.25) is 13.9 Å². The molecule has 0 heterocycles. The molecule has 0 unspecified atom stereocenters. The molecule has 0 aliphatic rings. The fourth-order valence-electron chi connectivity index (χ4n) is 3.88. The number of benzene rings is 3. The minimum atomic E-state index is -4.20. The summed E-state index contributed by atoms with van der Waals surface area (Å²) in [5, 5.41) is 3.14. The Hall–Kier alpha value is -3.43. The second kappa shape index (κ2) is 12.6. The Morgan fingerprint density at radius 1 is 0.949 bits per heavy atom. The van der Waals surface area contributed by atoms with Crippen LogP contribution in [0.3, 0.4) is 0 Å². The van der Waals surface area contributed by atoms with Crippen LogP contribution in [0, 0.1) is 19.7 Å². The van der Waals surface area contributed by atoms with E-state index in [0.717, 1.165) is 15.4 Å². The lowest BCUT2D eigenvalue weighted by molar-refractivity contribution is -0.139. The van der Waals surface area contributed by atoms with E-state index < -0.39 is 40.2 Å². The molecule has 3 aromatic rings. The standard InChI is InChI=1S/C29H33ClFN3O4S/c1-19(2)32-29(36)22(5)33(17-23-9-11-24(31)12-10-23)28(35)18-34(25-13-8-21(4)27(30)16-25)39(37,38)26-14-6-20(3)7-15-26/h6-16,19,22H,17-18H2,1-5H3,(H,32,36)/t22-/m0/s1. The van der Waals surface area contributed by atoms with Crippen LogP contribution in [0.2, 0.25) is 5.02 Å². The van der Waals surface area contributed by atoms with E-state index in [1.807, 2.05) is 6.92 Å². The van der Waals surface area contributed by atoms with Crippen molar-refractivity contribution in [3.05, 3.63) is 94.3 Å². The Balaban J connectivity index is 2.05. The van der Waals surface area contributed by atoms with Crippen LogP contribution in [0.5, 0.6) is 0 Å². The van der Waals surface area contributed by atoms with Crippen LogP contribution < -0.4 is 9.62 Å². The van der Waals surface area contributed by atoms with E-state index >= 15 is 0 Å². The number of hydrogen-bond acceptors (Lipinski definition) is 4. The van der Waals surface area contributed by atoms with Crippen molar-refractivity contribution in [2.75, 3.05) is 10.8 Å². The van der Waals surface area contributed by atoms with Crippen LogP contribution in [-0.2, 0) is 26.2 Å². The van der Waals surface area contributed by atoms with Gasteiger partial charge in [-0.25, -0.2) is 12.8 Å². The number of nitrogens with one attached hydrogen (secondary N) is 1. The Labute approximate surface area is 234 Å². The molecule has 0 aliphatic carbocycles. The van der Waals surface area contributed by atoms with Gasteiger partial charge in [0, 0.05) is 17.6 Å². The first-order valence-corrected chi connectivity index (χ1v) is 14.3. The number of nitrogens with zero attached hydrogens (tertiary/aromatic N) is 2. The van der Waals surface area contributed by atoms with Crippen molar-refractivity contribution in [1.82, 2.24) is 10.2 Å². The summed E-state index contributed by atoms with van der Waals surface area (Å²) in [4.78, 5) is 28.1. The highest BCUT2D eigenvalue weighted by Crippen LogP contribution is 2.28. The number of sulfonamides is 1. The first-order chi connectivity index (χ1) is 18.3. The molecule has 2 amide bonds. The summed E-state index contributed by atoms with van der Waals surface area (Å²) >= 11 is 6.33. The van der Waals surface area contributed by atoms with Crippen LogP contribution in [0.15, 0.2) is 71.6 Å². The van der Waals surface area contributed by atoms with Gasteiger partial charge in [0.25, 0.3) is 10.0 Å². The average Bonchev–Trinajstić information content (AvgIpc) is 2.88. The van der Waals surface area contributed by atoms with Gasteiger partial charge in [-0.15, -0.1) is 0 Å². The number of rotatable bonds is 10. The van der Waals surface area contributed by atoms with Crippen LogP contribution in [0.25, 0.3) is 0 Å². The van der Waals surface area contributed by atoms with E-state index in [1.54, 1.807) is 52.0 Å². The number of aryl methyl sites for hydroxylation is 2. The molecule has 7 nitrogen and oxygen atoms in total. The minimum Gasteiger partial charge on any atom is -0.352 e. The van der Waals surface area contributed by atoms with Gasteiger partial charge in [0.1, 0.15) is 18.4 Å². The number of hydrogen-bond donors (Lipinski definition) is 1. The first kappa shape index (κ1) is 30.1. The van der Waals surface area contributed by atoms with Crippen molar-refractivity contribution >= 4 is 39.1 Å². The van der Waals surface area contributed by atoms with Crippen LogP contribution >= 0.6 is 11.6 Å². The lowest BCUT2D eigenvalue weighted by Gasteiger charge is -2.32. The predicted molar refractivity (Wildman–Crippen MR) is 152 cm³/mol. The SMILES string of the molecule is Cc1ccc(S(=O)(=O)N(CC(=O)N(Cc2ccc(F)cc2)[C@@H](C)C(=O)NC(C)C)c2ccc(C)c(Cl)c2)cc1. The fourth-order valence-corrected chi connectivity index (χ4v) is 5.46. The summed E-state index contributed by atoms with van der Waals surface area (Å²) in [5.41, 5.74) is 2.42. The maximum Gasteiger partial charge on any atom is 0.264 e. The Morgan fingerprint density at radius 3 is 2.13 bits per heavy atom. The van der Waals surface area contributed by atoms with E-state index in [-0.39, 0.29) is 23.2 Å². The molecule has 0 aromatic heterocycles. The Bertz CT molecular complexity index is 1430. The molecule has 0 radical (unpaired) electrons. The molecule has 1 N–H and O–H groups in total. The van der Waals surface area contributed by atoms with Gasteiger partial charge in [-0.1, -0.05) is 47.5 Å². The third-order valence-corrected chi connectivity index (χ3v) is 8.39. The van der Waals surface area contributed by atoms with E-state index in [0.29, 0.717) is 10.6 Å². The molecule has 0 aliphatic heterocycles. The van der Waals surface area contributed by atoms with Crippen molar-refractivity contribution in [3.8, 4) is 0 Å². The van der Waals surface area contributed by atoms with Gasteiger partial charge in [-0.05, 0) is 82.1 Å². The van der Waals surface area contributed by atoms with Gasteiger partial charge in [0.05, 0.1) is 10.6 Å². The van der Waals surface area contributed by atoms with E-state index in [9.17, 15) is 22.4 Å². The highest BCUT2D eigenvalue weighted by molar-refractivity contribution is 7.92. The zero-order valence-corrected chi connectivity index (χ0v) is 24.2. The Kier molecular flexibility index (Phi) is 9.74. The second-order valence-corrected chi connectivity index (χ2v) is 12.0. The zero-order valence-electron chi connectivity index (χ0n) is 22.6. The largest absolute Gasteiger partial charge is 0.352 e. The molecular formula is C29H33ClFN3O4S. The number of carbonyl (C=O) groups is 2. The topological polar surface area (TPSA) is 86.8 Å². The smallest absolute Gasteiger partial charge is 0.264 e. The lowest BCUT2D eigenvalue weighted by atomic mass is 10.1. The molecule has 208 valence electrons. The number of anilines is 1. The summed E-state index contributed by atoms with van der Waals surface area (Å²) in [5.74, 6) is -1.45. The molecule has 0 saturated heterocycles. The van der Waals surface area contributed by atoms with Crippen molar-refractivity contribution in [2.45, 2.75) is 58.1 Å². The van der Waals surface area contributed by atoms with Crippen molar-refractivity contribution < 1.29 is 22.4 Å². The lowest BCUT2D eigenvalue weighted by Crippen LogP contribution is -2.52. The fraction of sp³-hybridized carbons (Fsp3) is 0.310. The molecule has 3 rings (SSSR count). The van der Waals surface area contributed by atoms with Gasteiger partial charge in [0.2, 0.25) is 11.8 Å². The second-order valence-electron chi connectivity index (χ2n) is 9.75. The van der Waals surface area contributed by atoms with Gasteiger partial charge in [0.15, 0.2) is 0 Å². The van der Waals surface area contributed by atoms with Gasteiger partial charge < -0.3 is 10.2 Å². The normalized spacial score (nSPS) is 12.2. The van der Waals surface area contributed by atoms with E-state index in [2.05, 4.69) is 5.32 Å². The zero-order chi connectivity index (χ0) is 28.9. The number of carbonyl (C=O) groups excluding carboxylic acids is 2. The van der Waals surface area contributed by atoms with Gasteiger partial charge >= 0.3 is 0 Å². The quantitative estimate of drug-likeness (QED) is 0.360. The van der Waals surface area contributed by atoms with Gasteiger partial charge in [-0.2, -0.15) is 0 Å². The highest BCUT2D eigenvalue weighted by atomic mass is 35.5. The van der Waals surface area contributed by atoms with Crippen LogP contribution in [-0.4, -0.2) is 43.8 Å². The van der Waals surface area contributed by atoms with Crippen LogP contribution in [0.1, 0.15) is 37.5 Å². The summed E-state index contributed by atoms with van der Waals surface area (Å²) in [6.07, 6.45) is 0.